The third kappa shape index (κ3) is 3.16. The minimum absolute atomic E-state index is 0.219. The molecule has 1 aliphatic heterocycles. The first-order valence-corrected chi connectivity index (χ1v) is 5.39. The molecule has 0 saturated carbocycles. The molecular formula is C10H17N3O4. The number of primary amides is 1. The summed E-state index contributed by atoms with van der Waals surface area (Å²) in [5.41, 5.74) is 10.5. The van der Waals surface area contributed by atoms with Gasteiger partial charge in [0.25, 0.3) is 0 Å². The molecule has 1 saturated heterocycles. The number of carbonyl (C=O) groups excluding carboxylic acids is 3. The van der Waals surface area contributed by atoms with Crippen LogP contribution in [0, 0.1) is 0 Å². The van der Waals surface area contributed by atoms with Crippen molar-refractivity contribution in [2.45, 2.75) is 31.3 Å². The number of rotatable bonds is 4. The van der Waals surface area contributed by atoms with Crippen LogP contribution in [0.1, 0.15) is 19.3 Å². The predicted molar refractivity (Wildman–Crippen MR) is 58.5 cm³/mol. The summed E-state index contributed by atoms with van der Waals surface area (Å²) in [6.45, 7) is 0.449. The third-order valence-corrected chi connectivity index (χ3v) is 2.75. The highest BCUT2D eigenvalue weighted by Gasteiger charge is 2.36. The Morgan fingerprint density at radius 3 is 2.65 bits per heavy atom. The first-order valence-electron chi connectivity index (χ1n) is 5.39. The van der Waals surface area contributed by atoms with Gasteiger partial charge in [0.2, 0.25) is 11.8 Å². The van der Waals surface area contributed by atoms with Crippen LogP contribution in [-0.2, 0) is 19.1 Å². The van der Waals surface area contributed by atoms with Crippen molar-refractivity contribution in [2.75, 3.05) is 13.7 Å². The molecule has 0 bridgehead atoms. The van der Waals surface area contributed by atoms with E-state index in [1.165, 1.54) is 12.0 Å². The number of likely N-dealkylation sites (tertiary alicyclic amines) is 1. The highest BCUT2D eigenvalue weighted by Crippen LogP contribution is 2.19. The van der Waals surface area contributed by atoms with Crippen LogP contribution in [0.4, 0.5) is 0 Å². The highest BCUT2D eigenvalue weighted by atomic mass is 16.5. The number of methoxy groups -OCH3 is 1. The zero-order valence-corrected chi connectivity index (χ0v) is 9.72. The topological polar surface area (TPSA) is 116 Å². The van der Waals surface area contributed by atoms with E-state index < -0.39 is 29.9 Å². The van der Waals surface area contributed by atoms with Crippen molar-refractivity contribution in [3.8, 4) is 0 Å². The molecule has 1 rings (SSSR count). The van der Waals surface area contributed by atoms with Crippen molar-refractivity contribution in [3.63, 3.8) is 0 Å². The van der Waals surface area contributed by atoms with Crippen LogP contribution < -0.4 is 11.5 Å². The van der Waals surface area contributed by atoms with E-state index in [2.05, 4.69) is 4.74 Å². The second-order valence-corrected chi connectivity index (χ2v) is 3.99. The van der Waals surface area contributed by atoms with E-state index in [0.717, 1.165) is 6.42 Å². The molecule has 2 atom stereocenters. The van der Waals surface area contributed by atoms with Gasteiger partial charge < -0.3 is 21.1 Å². The standard InChI is InChI=1S/C10H17N3O4/c1-17-10(16)7-3-2-4-13(7)9(15)6(11)5-8(12)14/h6-7H,2-5,11H2,1H3,(H2,12,14). The van der Waals surface area contributed by atoms with Crippen LogP contribution in [0.25, 0.3) is 0 Å². The number of hydrogen-bond donors (Lipinski definition) is 2. The summed E-state index contributed by atoms with van der Waals surface area (Å²) >= 11 is 0. The second kappa shape index (κ2) is 5.62. The Kier molecular flexibility index (Phi) is 4.45. The fraction of sp³-hybridized carbons (Fsp3) is 0.700. The van der Waals surface area contributed by atoms with Gasteiger partial charge in [0.15, 0.2) is 0 Å². The van der Waals surface area contributed by atoms with E-state index in [4.69, 9.17) is 11.5 Å². The molecule has 0 aromatic carbocycles. The molecule has 2 unspecified atom stereocenters. The number of ether oxygens (including phenoxy) is 1. The monoisotopic (exact) mass is 243 g/mol. The van der Waals surface area contributed by atoms with E-state index >= 15 is 0 Å². The van der Waals surface area contributed by atoms with Crippen molar-refractivity contribution in [3.05, 3.63) is 0 Å². The Bertz CT molecular complexity index is 332. The summed E-state index contributed by atoms with van der Waals surface area (Å²) in [4.78, 5) is 35.4. The van der Waals surface area contributed by atoms with Gasteiger partial charge in [-0.2, -0.15) is 0 Å². The molecule has 1 aliphatic rings. The average molecular weight is 243 g/mol. The summed E-state index contributed by atoms with van der Waals surface area (Å²) in [5.74, 6) is -1.53. The smallest absolute Gasteiger partial charge is 0.328 e. The zero-order valence-electron chi connectivity index (χ0n) is 9.72. The molecule has 96 valence electrons. The van der Waals surface area contributed by atoms with Crippen LogP contribution in [0.3, 0.4) is 0 Å². The maximum Gasteiger partial charge on any atom is 0.328 e. The lowest BCUT2D eigenvalue weighted by atomic mass is 10.1. The molecule has 17 heavy (non-hydrogen) atoms. The van der Waals surface area contributed by atoms with E-state index in [1.807, 2.05) is 0 Å². The van der Waals surface area contributed by atoms with Gasteiger partial charge in [-0.05, 0) is 12.8 Å². The van der Waals surface area contributed by atoms with Gasteiger partial charge in [-0.1, -0.05) is 0 Å². The minimum atomic E-state index is -0.988. The van der Waals surface area contributed by atoms with Crippen LogP contribution in [0.5, 0.6) is 0 Å². The van der Waals surface area contributed by atoms with Gasteiger partial charge in [0, 0.05) is 6.54 Å². The van der Waals surface area contributed by atoms with Crippen LogP contribution >= 0.6 is 0 Å². The Balaban J connectivity index is 2.67. The molecule has 1 heterocycles. The normalized spacial score (nSPS) is 21.1. The third-order valence-electron chi connectivity index (χ3n) is 2.75. The zero-order chi connectivity index (χ0) is 13.0. The van der Waals surface area contributed by atoms with Gasteiger partial charge >= 0.3 is 5.97 Å². The van der Waals surface area contributed by atoms with Crippen molar-refractivity contribution in [1.29, 1.82) is 0 Å². The largest absolute Gasteiger partial charge is 0.467 e. The fourth-order valence-corrected chi connectivity index (χ4v) is 1.93. The lowest BCUT2D eigenvalue weighted by Gasteiger charge is -2.25. The Labute approximate surface area is 99.1 Å². The Morgan fingerprint density at radius 1 is 1.47 bits per heavy atom. The van der Waals surface area contributed by atoms with Crippen molar-refractivity contribution >= 4 is 17.8 Å². The van der Waals surface area contributed by atoms with Gasteiger partial charge in [0.1, 0.15) is 6.04 Å². The van der Waals surface area contributed by atoms with Gasteiger partial charge in [-0.15, -0.1) is 0 Å². The average Bonchev–Trinajstić information content (AvgIpc) is 2.74. The molecule has 0 spiro atoms. The van der Waals surface area contributed by atoms with Crippen LogP contribution in [0.15, 0.2) is 0 Å². The van der Waals surface area contributed by atoms with Crippen molar-refractivity contribution in [1.82, 2.24) is 4.90 Å². The predicted octanol–water partition coefficient (Wildman–Crippen LogP) is -1.65. The maximum absolute atomic E-state index is 11.9. The molecular weight excluding hydrogens is 226 g/mol. The van der Waals surface area contributed by atoms with Gasteiger partial charge in [0.05, 0.1) is 19.6 Å². The molecule has 0 aromatic heterocycles. The number of nitrogens with two attached hydrogens (primary N) is 2. The number of carbonyl (C=O) groups is 3. The lowest BCUT2D eigenvalue weighted by molar-refractivity contribution is -0.151. The minimum Gasteiger partial charge on any atom is -0.467 e. The van der Waals surface area contributed by atoms with Crippen molar-refractivity contribution < 1.29 is 19.1 Å². The quantitative estimate of drug-likeness (QED) is 0.574. The SMILES string of the molecule is COC(=O)C1CCCN1C(=O)C(N)CC(N)=O. The molecule has 7 heteroatoms. The number of amides is 2. The summed E-state index contributed by atoms with van der Waals surface area (Å²) in [5, 5.41) is 0. The lowest BCUT2D eigenvalue weighted by Crippen LogP contribution is -2.49. The summed E-state index contributed by atoms with van der Waals surface area (Å²) in [7, 11) is 1.27. The Hall–Kier alpha value is -1.63. The molecule has 0 aliphatic carbocycles. The van der Waals surface area contributed by atoms with E-state index in [9.17, 15) is 14.4 Å². The van der Waals surface area contributed by atoms with Crippen molar-refractivity contribution in [2.24, 2.45) is 11.5 Å². The number of hydrogen-bond acceptors (Lipinski definition) is 5. The molecule has 7 nitrogen and oxygen atoms in total. The van der Waals surface area contributed by atoms with E-state index in [0.29, 0.717) is 13.0 Å². The first kappa shape index (κ1) is 13.4. The molecule has 2 amide bonds. The van der Waals surface area contributed by atoms with Crippen LogP contribution in [-0.4, -0.2) is 48.4 Å². The molecule has 4 N–H and O–H groups in total. The number of nitrogens with zero attached hydrogens (tertiary/aromatic N) is 1. The maximum atomic E-state index is 11.9. The first-order chi connectivity index (χ1) is 7.97. The summed E-state index contributed by atoms with van der Waals surface area (Å²) in [6, 6.07) is -1.58. The summed E-state index contributed by atoms with van der Waals surface area (Å²) < 4.78 is 4.61. The summed E-state index contributed by atoms with van der Waals surface area (Å²) in [6.07, 6.45) is 1.06. The molecule has 1 fully saturated rings. The van der Waals surface area contributed by atoms with Crippen LogP contribution in [0.2, 0.25) is 0 Å². The van der Waals surface area contributed by atoms with E-state index in [-0.39, 0.29) is 6.42 Å². The Morgan fingerprint density at radius 2 is 2.12 bits per heavy atom. The molecule has 0 radical (unpaired) electrons. The highest BCUT2D eigenvalue weighted by molar-refractivity contribution is 5.91. The van der Waals surface area contributed by atoms with Gasteiger partial charge in [-0.25, -0.2) is 4.79 Å². The molecule has 0 aromatic rings. The van der Waals surface area contributed by atoms with Gasteiger partial charge in [-0.3, -0.25) is 9.59 Å². The fourth-order valence-electron chi connectivity index (χ4n) is 1.93. The second-order valence-electron chi connectivity index (χ2n) is 3.99. The van der Waals surface area contributed by atoms with E-state index in [1.54, 1.807) is 0 Å². The number of esters is 1.